The minimum atomic E-state index is -3.75. The number of benzene rings is 2. The van der Waals surface area contributed by atoms with E-state index < -0.39 is 16.1 Å². The molecule has 0 amide bonds. The summed E-state index contributed by atoms with van der Waals surface area (Å²) in [4.78, 5) is 0.0201. The minimum absolute atomic E-state index is 0.0201. The van der Waals surface area contributed by atoms with Crippen molar-refractivity contribution in [3.63, 3.8) is 0 Å². The molecule has 0 aliphatic carbocycles. The number of nitrogens with one attached hydrogen (secondary N) is 1. The van der Waals surface area contributed by atoms with E-state index in [1.54, 1.807) is 19.1 Å². The van der Waals surface area contributed by atoms with Gasteiger partial charge in [-0.3, -0.25) is 0 Å². The molecule has 1 unspecified atom stereocenters. The fourth-order valence-corrected chi connectivity index (χ4v) is 4.02. The van der Waals surface area contributed by atoms with Crippen molar-refractivity contribution in [1.29, 1.82) is 0 Å². The van der Waals surface area contributed by atoms with Crippen LogP contribution in [0.25, 0.3) is 0 Å². The molecule has 0 saturated carbocycles. The van der Waals surface area contributed by atoms with Gasteiger partial charge in [-0.1, -0.05) is 41.4 Å². The van der Waals surface area contributed by atoms with Crippen LogP contribution in [0.1, 0.15) is 18.5 Å². The van der Waals surface area contributed by atoms with Crippen LogP contribution in [0.15, 0.2) is 47.4 Å². The van der Waals surface area contributed by atoms with Gasteiger partial charge in [-0.15, -0.1) is 0 Å². The molecule has 0 aliphatic heterocycles. The van der Waals surface area contributed by atoms with Crippen LogP contribution in [0, 0.1) is 0 Å². The molecule has 0 aliphatic rings. The van der Waals surface area contributed by atoms with Crippen LogP contribution in [0.3, 0.4) is 0 Å². The number of ether oxygens (including phenoxy) is 1. The Morgan fingerprint density at radius 1 is 1.09 bits per heavy atom. The highest BCUT2D eigenvalue weighted by atomic mass is 35.5. The fourth-order valence-electron chi connectivity index (χ4n) is 2.07. The molecule has 0 spiro atoms. The monoisotopic (exact) mass is 359 g/mol. The van der Waals surface area contributed by atoms with Gasteiger partial charge in [0.2, 0.25) is 10.0 Å². The summed E-state index contributed by atoms with van der Waals surface area (Å²) < 4.78 is 32.7. The average molecular weight is 360 g/mol. The molecule has 1 atom stereocenters. The molecule has 0 aromatic heterocycles. The van der Waals surface area contributed by atoms with Crippen molar-refractivity contribution in [3.05, 3.63) is 58.1 Å². The summed E-state index contributed by atoms with van der Waals surface area (Å²) in [5, 5.41) is 0.524. The lowest BCUT2D eigenvalue weighted by Crippen LogP contribution is -2.27. The Bertz CT molecular complexity index is 758. The summed E-state index contributed by atoms with van der Waals surface area (Å²) in [6, 6.07) is 10.9. The maximum absolute atomic E-state index is 12.5. The molecule has 2 rings (SSSR count). The first-order valence-corrected chi connectivity index (χ1v) is 8.69. The normalized spacial score (nSPS) is 12.9. The number of hydrogen-bond donors (Lipinski definition) is 1. The van der Waals surface area contributed by atoms with Gasteiger partial charge in [-0.05, 0) is 31.2 Å². The molecule has 2 aromatic rings. The van der Waals surface area contributed by atoms with Gasteiger partial charge in [0.15, 0.2) is 0 Å². The summed E-state index contributed by atoms with van der Waals surface area (Å²) in [7, 11) is -2.21. The van der Waals surface area contributed by atoms with Crippen molar-refractivity contribution in [2.45, 2.75) is 17.9 Å². The highest BCUT2D eigenvalue weighted by molar-refractivity contribution is 7.89. The predicted octanol–water partition coefficient (Wildman–Crippen LogP) is 4.04. The largest absolute Gasteiger partial charge is 0.496 e. The van der Waals surface area contributed by atoms with E-state index in [-0.39, 0.29) is 14.9 Å². The van der Waals surface area contributed by atoms with Gasteiger partial charge in [0.1, 0.15) is 5.75 Å². The van der Waals surface area contributed by atoms with E-state index in [0.29, 0.717) is 5.75 Å². The van der Waals surface area contributed by atoms with E-state index in [1.165, 1.54) is 25.3 Å². The van der Waals surface area contributed by atoms with E-state index in [9.17, 15) is 8.42 Å². The Hall–Kier alpha value is -1.27. The highest BCUT2D eigenvalue weighted by Gasteiger charge is 2.21. The standard InChI is InChI=1S/C15H15Cl2NO3S/c1-10(14-5-3-4-6-15(14)21-2)18-22(19,20)13-8-11(16)7-12(17)9-13/h3-10,18H,1-2H3. The van der Waals surface area contributed by atoms with Crippen molar-refractivity contribution in [3.8, 4) is 5.75 Å². The van der Waals surface area contributed by atoms with Crippen molar-refractivity contribution < 1.29 is 13.2 Å². The van der Waals surface area contributed by atoms with Gasteiger partial charge in [-0.2, -0.15) is 0 Å². The lowest BCUT2D eigenvalue weighted by molar-refractivity contribution is 0.405. The highest BCUT2D eigenvalue weighted by Crippen LogP contribution is 2.27. The zero-order valence-corrected chi connectivity index (χ0v) is 14.3. The van der Waals surface area contributed by atoms with Crippen LogP contribution in [-0.2, 0) is 10.0 Å². The number of rotatable bonds is 5. The molecule has 0 fully saturated rings. The third-order valence-electron chi connectivity index (χ3n) is 3.08. The second kappa shape index (κ2) is 6.87. The third kappa shape index (κ3) is 3.93. The summed E-state index contributed by atoms with van der Waals surface area (Å²) in [5.41, 5.74) is 0.738. The number of hydrogen-bond acceptors (Lipinski definition) is 3. The molecular weight excluding hydrogens is 345 g/mol. The van der Waals surface area contributed by atoms with Gasteiger partial charge in [-0.25, -0.2) is 13.1 Å². The number of sulfonamides is 1. The molecular formula is C15H15Cl2NO3S. The molecule has 118 valence electrons. The topological polar surface area (TPSA) is 55.4 Å². The van der Waals surface area contributed by atoms with Gasteiger partial charge in [0.25, 0.3) is 0 Å². The van der Waals surface area contributed by atoms with Crippen LogP contribution < -0.4 is 9.46 Å². The van der Waals surface area contributed by atoms with Crippen molar-refractivity contribution in [2.75, 3.05) is 7.11 Å². The quantitative estimate of drug-likeness (QED) is 0.876. The Morgan fingerprint density at radius 2 is 1.68 bits per heavy atom. The van der Waals surface area contributed by atoms with Gasteiger partial charge >= 0.3 is 0 Å². The first-order chi connectivity index (χ1) is 10.3. The average Bonchev–Trinajstić information content (AvgIpc) is 2.45. The molecule has 22 heavy (non-hydrogen) atoms. The van der Waals surface area contributed by atoms with E-state index >= 15 is 0 Å². The first-order valence-electron chi connectivity index (χ1n) is 6.45. The maximum atomic E-state index is 12.5. The lowest BCUT2D eigenvalue weighted by atomic mass is 10.1. The molecule has 0 bridgehead atoms. The summed E-state index contributed by atoms with van der Waals surface area (Å²) in [5.74, 6) is 0.613. The van der Waals surface area contributed by atoms with Crippen LogP contribution in [0.2, 0.25) is 10.0 Å². The van der Waals surface area contributed by atoms with Crippen molar-refractivity contribution in [1.82, 2.24) is 4.72 Å². The number of methoxy groups -OCH3 is 1. The van der Waals surface area contributed by atoms with E-state index in [4.69, 9.17) is 27.9 Å². The first kappa shape index (κ1) is 17.1. The maximum Gasteiger partial charge on any atom is 0.241 e. The summed E-state index contributed by atoms with van der Waals surface area (Å²) >= 11 is 11.7. The van der Waals surface area contributed by atoms with Crippen LogP contribution in [-0.4, -0.2) is 15.5 Å². The van der Waals surface area contributed by atoms with Gasteiger partial charge in [0.05, 0.1) is 12.0 Å². The van der Waals surface area contributed by atoms with Gasteiger partial charge in [0, 0.05) is 21.7 Å². The van der Waals surface area contributed by atoms with E-state index in [2.05, 4.69) is 4.72 Å². The van der Waals surface area contributed by atoms with Crippen molar-refractivity contribution >= 4 is 33.2 Å². The van der Waals surface area contributed by atoms with Crippen LogP contribution in [0.5, 0.6) is 5.75 Å². The minimum Gasteiger partial charge on any atom is -0.496 e. The third-order valence-corrected chi connectivity index (χ3v) is 5.04. The Morgan fingerprint density at radius 3 is 2.27 bits per heavy atom. The molecule has 4 nitrogen and oxygen atoms in total. The Balaban J connectivity index is 2.32. The van der Waals surface area contributed by atoms with E-state index in [1.807, 2.05) is 12.1 Å². The zero-order chi connectivity index (χ0) is 16.3. The summed E-state index contributed by atoms with van der Waals surface area (Å²) in [6.45, 7) is 1.74. The smallest absolute Gasteiger partial charge is 0.241 e. The van der Waals surface area contributed by atoms with E-state index in [0.717, 1.165) is 5.56 Å². The lowest BCUT2D eigenvalue weighted by Gasteiger charge is -2.17. The molecule has 1 N–H and O–H groups in total. The van der Waals surface area contributed by atoms with Gasteiger partial charge < -0.3 is 4.74 Å². The number of halogens is 2. The molecule has 0 heterocycles. The summed E-state index contributed by atoms with van der Waals surface area (Å²) in [6.07, 6.45) is 0. The fraction of sp³-hybridized carbons (Fsp3) is 0.200. The van der Waals surface area contributed by atoms with Crippen LogP contribution in [0.4, 0.5) is 0 Å². The second-order valence-electron chi connectivity index (χ2n) is 4.69. The SMILES string of the molecule is COc1ccccc1C(C)NS(=O)(=O)c1cc(Cl)cc(Cl)c1. The van der Waals surface area contributed by atoms with Crippen LogP contribution >= 0.6 is 23.2 Å². The Labute approximate surface area is 140 Å². The molecule has 0 saturated heterocycles. The zero-order valence-electron chi connectivity index (χ0n) is 12.0. The molecule has 7 heteroatoms. The Kier molecular flexibility index (Phi) is 5.34. The number of para-hydroxylation sites is 1. The molecule has 2 aromatic carbocycles. The predicted molar refractivity (Wildman–Crippen MR) is 88.2 cm³/mol. The second-order valence-corrected chi connectivity index (χ2v) is 7.28. The molecule has 0 radical (unpaired) electrons. The van der Waals surface area contributed by atoms with Crippen molar-refractivity contribution in [2.24, 2.45) is 0 Å².